The van der Waals surface area contributed by atoms with Crippen molar-refractivity contribution in [1.82, 2.24) is 15.3 Å². The zero-order valence-corrected chi connectivity index (χ0v) is 11.6. The van der Waals surface area contributed by atoms with Gasteiger partial charge in [0.1, 0.15) is 5.82 Å². The number of aryl methyl sites for hydroxylation is 1. The van der Waals surface area contributed by atoms with Gasteiger partial charge < -0.3 is 16.0 Å². The number of imidazole rings is 1. The third-order valence-corrected chi connectivity index (χ3v) is 3.87. The number of aromatic nitrogens is 2. The molecule has 1 aromatic heterocycles. The zero-order chi connectivity index (χ0) is 14.1. The van der Waals surface area contributed by atoms with E-state index in [1.165, 1.54) is 0 Å². The van der Waals surface area contributed by atoms with E-state index in [2.05, 4.69) is 15.3 Å². The van der Waals surface area contributed by atoms with Crippen molar-refractivity contribution in [2.75, 3.05) is 0 Å². The van der Waals surface area contributed by atoms with E-state index in [1.807, 2.05) is 25.1 Å². The normalized spacial score (nSPS) is 22.3. The molecule has 1 fully saturated rings. The summed E-state index contributed by atoms with van der Waals surface area (Å²) >= 11 is 0. The van der Waals surface area contributed by atoms with Gasteiger partial charge in [-0.05, 0) is 43.9 Å². The molecule has 3 rings (SSSR count). The summed E-state index contributed by atoms with van der Waals surface area (Å²) in [5, 5.41) is 3.07. The number of benzene rings is 1. The summed E-state index contributed by atoms with van der Waals surface area (Å²) in [7, 11) is 0. The van der Waals surface area contributed by atoms with E-state index in [-0.39, 0.29) is 18.0 Å². The number of nitrogens with two attached hydrogens (primary N) is 1. The summed E-state index contributed by atoms with van der Waals surface area (Å²) in [5.74, 6) is 0.959. The Hall–Kier alpha value is -1.88. The van der Waals surface area contributed by atoms with Gasteiger partial charge in [0.15, 0.2) is 0 Å². The van der Waals surface area contributed by atoms with E-state index in [9.17, 15) is 4.79 Å². The van der Waals surface area contributed by atoms with Crippen LogP contribution < -0.4 is 11.1 Å². The summed E-state index contributed by atoms with van der Waals surface area (Å²) < 4.78 is 0. The molecule has 0 saturated heterocycles. The van der Waals surface area contributed by atoms with Gasteiger partial charge in [-0.15, -0.1) is 0 Å². The van der Waals surface area contributed by atoms with Crippen molar-refractivity contribution < 1.29 is 4.79 Å². The van der Waals surface area contributed by atoms with Crippen molar-refractivity contribution in [2.45, 2.75) is 44.7 Å². The molecular weight excluding hydrogens is 252 g/mol. The first-order valence-electron chi connectivity index (χ1n) is 7.10. The van der Waals surface area contributed by atoms with Crippen LogP contribution in [0.3, 0.4) is 0 Å². The van der Waals surface area contributed by atoms with Crippen LogP contribution in [0.4, 0.5) is 0 Å². The number of rotatable bonds is 3. The molecule has 106 valence electrons. The Balaban J connectivity index is 1.64. The van der Waals surface area contributed by atoms with Gasteiger partial charge in [-0.3, -0.25) is 4.79 Å². The van der Waals surface area contributed by atoms with E-state index in [1.54, 1.807) is 0 Å². The fraction of sp³-hybridized carbons (Fsp3) is 0.467. The van der Waals surface area contributed by atoms with Crippen LogP contribution in [0, 0.1) is 6.92 Å². The molecule has 0 unspecified atom stereocenters. The van der Waals surface area contributed by atoms with Gasteiger partial charge in [0, 0.05) is 12.1 Å². The molecule has 1 heterocycles. The second-order valence-electron chi connectivity index (χ2n) is 5.69. The molecule has 1 aromatic carbocycles. The molecule has 1 saturated carbocycles. The average Bonchev–Trinajstić information content (AvgIpc) is 2.93. The van der Waals surface area contributed by atoms with Gasteiger partial charge in [-0.2, -0.15) is 0 Å². The molecule has 2 aromatic rings. The number of nitrogens with zero attached hydrogens (tertiary/aromatic N) is 1. The fourth-order valence-corrected chi connectivity index (χ4v) is 2.91. The smallest absolute Gasteiger partial charge is 0.224 e. The van der Waals surface area contributed by atoms with Crippen molar-refractivity contribution in [3.8, 4) is 0 Å². The summed E-state index contributed by atoms with van der Waals surface area (Å²) in [6.07, 6.45) is 3.29. The summed E-state index contributed by atoms with van der Waals surface area (Å²) in [5.41, 5.74) is 8.78. The van der Waals surface area contributed by atoms with Gasteiger partial charge in [-0.25, -0.2) is 4.98 Å². The number of nitrogens with one attached hydrogen (secondary N) is 2. The first-order chi connectivity index (χ1) is 9.60. The lowest BCUT2D eigenvalue weighted by molar-refractivity contribution is -0.121. The molecule has 0 spiro atoms. The largest absolute Gasteiger partial charge is 0.353 e. The minimum absolute atomic E-state index is 0.0692. The summed E-state index contributed by atoms with van der Waals surface area (Å²) in [4.78, 5) is 19.6. The Labute approximate surface area is 118 Å². The molecule has 5 nitrogen and oxygen atoms in total. The molecule has 0 bridgehead atoms. The fourth-order valence-electron chi connectivity index (χ4n) is 2.91. The molecular formula is C15H20N4O. The van der Waals surface area contributed by atoms with Gasteiger partial charge in [-0.1, -0.05) is 6.07 Å². The first-order valence-corrected chi connectivity index (χ1v) is 7.10. The van der Waals surface area contributed by atoms with E-state index in [4.69, 9.17) is 5.73 Å². The lowest BCUT2D eigenvalue weighted by atomic mass is 10.1. The van der Waals surface area contributed by atoms with Gasteiger partial charge >= 0.3 is 0 Å². The first kappa shape index (κ1) is 13.1. The number of aromatic amines is 1. The number of amides is 1. The van der Waals surface area contributed by atoms with Crippen LogP contribution >= 0.6 is 0 Å². The predicted molar refractivity (Wildman–Crippen MR) is 78.3 cm³/mol. The topological polar surface area (TPSA) is 83.8 Å². The van der Waals surface area contributed by atoms with Crippen LogP contribution in [-0.2, 0) is 11.2 Å². The highest BCUT2D eigenvalue weighted by Crippen LogP contribution is 2.18. The second kappa shape index (κ2) is 5.25. The third kappa shape index (κ3) is 2.82. The number of carbonyl (C=O) groups is 1. The van der Waals surface area contributed by atoms with Gasteiger partial charge in [0.2, 0.25) is 5.91 Å². The van der Waals surface area contributed by atoms with Crippen molar-refractivity contribution >= 4 is 16.9 Å². The lowest BCUT2D eigenvalue weighted by Gasteiger charge is -2.12. The maximum atomic E-state index is 12.0. The molecule has 4 N–H and O–H groups in total. The highest BCUT2D eigenvalue weighted by atomic mass is 16.1. The Bertz CT molecular complexity index is 634. The second-order valence-corrected chi connectivity index (χ2v) is 5.69. The molecule has 0 aliphatic heterocycles. The molecule has 20 heavy (non-hydrogen) atoms. The van der Waals surface area contributed by atoms with Crippen LogP contribution in [0.15, 0.2) is 18.2 Å². The van der Waals surface area contributed by atoms with Crippen LogP contribution in [0.25, 0.3) is 11.0 Å². The highest BCUT2D eigenvalue weighted by molar-refractivity contribution is 5.82. The number of hydrogen-bond acceptors (Lipinski definition) is 3. The van der Waals surface area contributed by atoms with Crippen LogP contribution in [-0.4, -0.2) is 28.0 Å². The molecule has 1 amide bonds. The zero-order valence-electron chi connectivity index (χ0n) is 11.6. The number of carbonyl (C=O) groups excluding carboxylic acids is 1. The van der Waals surface area contributed by atoms with E-state index in [0.717, 1.165) is 41.7 Å². The summed E-state index contributed by atoms with van der Waals surface area (Å²) in [6.45, 7) is 1.93. The number of H-pyrrole nitrogens is 1. The molecule has 2 atom stereocenters. The number of hydrogen-bond donors (Lipinski definition) is 3. The van der Waals surface area contributed by atoms with E-state index >= 15 is 0 Å². The van der Waals surface area contributed by atoms with Crippen LogP contribution in [0.2, 0.25) is 0 Å². The minimum atomic E-state index is 0.0692. The number of fused-ring (bicyclic) bond motifs is 1. The standard InChI is InChI=1S/C15H20N4O/c1-9-17-13-5-2-10(6-14(13)18-9)7-15(20)19-12-4-3-11(16)8-12/h2,5-6,11-12H,3-4,7-8,16H2,1H3,(H,17,18)(H,19,20)/t11-,12-/m1/s1. The van der Waals surface area contributed by atoms with Crippen LogP contribution in [0.5, 0.6) is 0 Å². The quantitative estimate of drug-likeness (QED) is 0.790. The monoisotopic (exact) mass is 272 g/mol. The van der Waals surface area contributed by atoms with Crippen molar-refractivity contribution in [3.63, 3.8) is 0 Å². The van der Waals surface area contributed by atoms with Crippen molar-refractivity contribution in [3.05, 3.63) is 29.6 Å². The third-order valence-electron chi connectivity index (χ3n) is 3.87. The predicted octanol–water partition coefficient (Wildman–Crippen LogP) is 1.41. The Morgan fingerprint density at radius 3 is 3.10 bits per heavy atom. The van der Waals surface area contributed by atoms with E-state index in [0.29, 0.717) is 6.42 Å². The SMILES string of the molecule is Cc1nc2ccc(CC(=O)N[C@@H]3CC[C@@H](N)C3)cc2[nH]1. The minimum Gasteiger partial charge on any atom is -0.353 e. The Kier molecular flexibility index (Phi) is 3.44. The molecule has 1 aliphatic rings. The van der Waals surface area contributed by atoms with Crippen LogP contribution in [0.1, 0.15) is 30.7 Å². The Morgan fingerprint density at radius 1 is 1.50 bits per heavy atom. The molecule has 5 heteroatoms. The van der Waals surface area contributed by atoms with Crippen molar-refractivity contribution in [2.24, 2.45) is 5.73 Å². The highest BCUT2D eigenvalue weighted by Gasteiger charge is 2.22. The molecule has 1 aliphatic carbocycles. The molecule has 0 radical (unpaired) electrons. The van der Waals surface area contributed by atoms with Gasteiger partial charge in [0.05, 0.1) is 17.5 Å². The van der Waals surface area contributed by atoms with Crippen molar-refractivity contribution in [1.29, 1.82) is 0 Å². The maximum absolute atomic E-state index is 12.0. The lowest BCUT2D eigenvalue weighted by Crippen LogP contribution is -2.35. The Morgan fingerprint density at radius 2 is 2.35 bits per heavy atom. The van der Waals surface area contributed by atoms with E-state index < -0.39 is 0 Å². The maximum Gasteiger partial charge on any atom is 0.224 e. The summed E-state index contributed by atoms with van der Waals surface area (Å²) in [6, 6.07) is 6.39. The average molecular weight is 272 g/mol. The van der Waals surface area contributed by atoms with Gasteiger partial charge in [0.25, 0.3) is 0 Å².